The molecule has 4 N–H and O–H groups in total. The van der Waals surface area contributed by atoms with Crippen molar-refractivity contribution in [1.29, 1.82) is 0 Å². The molecule has 0 radical (unpaired) electrons. The summed E-state index contributed by atoms with van der Waals surface area (Å²) in [6.07, 6.45) is 18.9. The summed E-state index contributed by atoms with van der Waals surface area (Å²) in [6.45, 7) is 32.2. The van der Waals surface area contributed by atoms with E-state index in [1.54, 1.807) is 0 Å². The molecule has 79 heavy (non-hydrogen) atoms. The van der Waals surface area contributed by atoms with E-state index in [-0.39, 0.29) is 0 Å². The number of hydrogen-bond acceptors (Lipinski definition) is 4. The molecule has 4 atom stereocenters. The van der Waals surface area contributed by atoms with Crippen LogP contribution >= 0.6 is 0 Å². The van der Waals surface area contributed by atoms with E-state index in [4.69, 9.17) is 0 Å². The molecule has 0 saturated heterocycles. The normalized spacial score (nSPS) is 18.2. The highest BCUT2D eigenvalue weighted by Gasteiger charge is 2.47. The van der Waals surface area contributed by atoms with Crippen LogP contribution in [0.4, 0.5) is 22.7 Å². The van der Waals surface area contributed by atoms with Crippen LogP contribution in [0.15, 0.2) is 175 Å². The lowest BCUT2D eigenvalue weighted by Crippen LogP contribution is -2.82. The molecule has 0 spiro atoms. The Bertz CT molecular complexity index is 3010. The lowest BCUT2D eigenvalue weighted by molar-refractivity contribution is -0.648. The van der Waals surface area contributed by atoms with Crippen LogP contribution < -0.4 is 30.3 Å². The minimum atomic E-state index is 0.655. The van der Waals surface area contributed by atoms with Crippen LogP contribution in [0, 0.1) is 23.7 Å². The number of nitrogens with two attached hydrogens (primary N) is 1. The van der Waals surface area contributed by atoms with Crippen LogP contribution in [0.1, 0.15) is 128 Å². The zero-order valence-corrected chi connectivity index (χ0v) is 49.8. The number of nitrogens with one attached hydrogen (secondary N) is 2. The number of allylic oxidation sites excluding steroid dienone is 8. The summed E-state index contributed by atoms with van der Waals surface area (Å²) in [4.78, 5) is 11.3. The second kappa shape index (κ2) is 28.8. The molecule has 2 bridgehead atoms. The maximum Gasteiger partial charge on any atom is 0.206 e. The molecule has 4 aliphatic rings. The number of anilines is 4. The van der Waals surface area contributed by atoms with Crippen molar-refractivity contribution in [3.05, 3.63) is 209 Å². The highest BCUT2D eigenvalue weighted by molar-refractivity contribution is 6.17. The Balaban J connectivity index is 0.00000111. The highest BCUT2D eigenvalue weighted by atomic mass is 15.1. The molecule has 0 amide bonds. The van der Waals surface area contributed by atoms with Gasteiger partial charge in [0.05, 0.1) is 18.7 Å². The third-order valence-electron chi connectivity index (χ3n) is 17.2. The van der Waals surface area contributed by atoms with E-state index in [0.717, 1.165) is 64.7 Å². The summed E-state index contributed by atoms with van der Waals surface area (Å²) in [6, 6.07) is 50.6. The smallest absolute Gasteiger partial charge is 0.206 e. The molecule has 2 saturated carbocycles. The minimum absolute atomic E-state index is 0.655. The van der Waals surface area contributed by atoms with Crippen LogP contribution in [-0.2, 0) is 0 Å². The topological polar surface area (TPSA) is 52.3 Å². The van der Waals surface area contributed by atoms with Crippen LogP contribution in [-0.4, -0.2) is 71.2 Å². The van der Waals surface area contributed by atoms with Gasteiger partial charge in [-0.1, -0.05) is 123 Å². The number of quaternary nitrogens is 1. The molecule has 414 valence electrons. The van der Waals surface area contributed by atoms with Crippen molar-refractivity contribution in [2.75, 3.05) is 85.5 Å². The van der Waals surface area contributed by atoms with Gasteiger partial charge in [0.15, 0.2) is 0 Å². The zero-order valence-electron chi connectivity index (χ0n) is 49.8. The van der Waals surface area contributed by atoms with E-state index >= 15 is 0 Å². The summed E-state index contributed by atoms with van der Waals surface area (Å²) in [5.74, 6) is 2.84. The van der Waals surface area contributed by atoms with E-state index in [9.17, 15) is 0 Å². The first kappa shape index (κ1) is 58.3. The molecule has 4 aliphatic carbocycles. The van der Waals surface area contributed by atoms with Crippen LogP contribution in [0.2, 0.25) is 0 Å². The average molecular weight is 1060 g/mol. The molecule has 6 aromatic carbocycles. The van der Waals surface area contributed by atoms with Gasteiger partial charge in [-0.05, 0) is 209 Å². The van der Waals surface area contributed by atoms with Gasteiger partial charge in [-0.15, -0.1) is 0 Å². The molecule has 0 aliphatic heterocycles. The lowest BCUT2D eigenvalue weighted by Gasteiger charge is -2.28. The number of fused-ring (bicyclic) bond motifs is 4. The Morgan fingerprint density at radius 1 is 0.506 bits per heavy atom. The summed E-state index contributed by atoms with van der Waals surface area (Å²) < 4.78 is 0. The van der Waals surface area contributed by atoms with Crippen molar-refractivity contribution in [3.8, 4) is 0 Å². The Morgan fingerprint density at radius 3 is 1.51 bits per heavy atom. The largest absolute Gasteiger partial charge is 0.384 e. The van der Waals surface area contributed by atoms with Crippen molar-refractivity contribution < 1.29 is 10.3 Å². The number of benzene rings is 6. The second-order valence-electron chi connectivity index (χ2n) is 21.4. The maximum absolute atomic E-state index is 4.06. The molecular formula is C73H94N6+2. The Morgan fingerprint density at radius 2 is 1.00 bits per heavy atom. The molecule has 6 aromatic rings. The van der Waals surface area contributed by atoms with E-state index in [1.807, 2.05) is 13.8 Å². The highest BCUT2D eigenvalue weighted by Crippen LogP contribution is 2.51. The lowest BCUT2D eigenvalue weighted by atomic mass is 9.80. The monoisotopic (exact) mass is 1050 g/mol. The van der Waals surface area contributed by atoms with Crippen molar-refractivity contribution >= 4 is 56.0 Å². The fourth-order valence-electron chi connectivity index (χ4n) is 13.2. The SMILES string of the molecule is CC.CCN(CC)c1ccc(C(=C2C=CC(=[NH+]CC3CC4CC(CNc5ccc(C(=C6C=CCC=C6)c6ccc(N(CC)CC)cc6)c6ccccc56)C3C4)c3ccccc32)c2ccc(N(CC)CC)cc2)cc1.CC[NH2+]CC. The van der Waals surface area contributed by atoms with E-state index in [1.165, 1.54) is 127 Å². The third kappa shape index (κ3) is 13.4. The summed E-state index contributed by atoms with van der Waals surface area (Å²) in [7, 11) is 0. The summed E-state index contributed by atoms with van der Waals surface area (Å²) in [5.41, 5.74) is 19.0. The van der Waals surface area contributed by atoms with Crippen LogP contribution in [0.3, 0.4) is 0 Å². The number of rotatable bonds is 20. The summed E-state index contributed by atoms with van der Waals surface area (Å²) >= 11 is 0. The van der Waals surface area contributed by atoms with E-state index in [0.29, 0.717) is 17.8 Å². The molecule has 6 heteroatoms. The number of hydrogen-bond donors (Lipinski definition) is 3. The van der Waals surface area contributed by atoms with Gasteiger partial charge in [0.1, 0.15) is 6.54 Å². The van der Waals surface area contributed by atoms with Crippen molar-refractivity contribution in [3.63, 3.8) is 0 Å². The molecule has 0 heterocycles. The van der Waals surface area contributed by atoms with Crippen molar-refractivity contribution in [2.24, 2.45) is 23.7 Å². The molecule has 4 unspecified atom stereocenters. The first-order valence-electron chi connectivity index (χ1n) is 30.7. The van der Waals surface area contributed by atoms with Gasteiger partial charge < -0.3 is 25.3 Å². The van der Waals surface area contributed by atoms with E-state index < -0.39 is 0 Å². The van der Waals surface area contributed by atoms with Crippen LogP contribution in [0.5, 0.6) is 0 Å². The number of nitrogens with zero attached hydrogens (tertiary/aromatic N) is 3. The van der Waals surface area contributed by atoms with Gasteiger partial charge in [0, 0.05) is 85.9 Å². The molecule has 6 nitrogen and oxygen atoms in total. The quantitative estimate of drug-likeness (QED) is 0.0713. The fourth-order valence-corrected chi connectivity index (χ4v) is 13.2. The van der Waals surface area contributed by atoms with Gasteiger partial charge >= 0.3 is 0 Å². The zero-order chi connectivity index (χ0) is 55.7. The molecule has 0 aromatic heterocycles. The minimum Gasteiger partial charge on any atom is -0.384 e. The fraction of sp³-hybridized carbons (Fsp3) is 0.384. The second-order valence-corrected chi connectivity index (χ2v) is 21.4. The first-order valence-corrected chi connectivity index (χ1v) is 30.7. The third-order valence-corrected chi connectivity index (χ3v) is 17.2. The molecule has 2 fully saturated rings. The van der Waals surface area contributed by atoms with Gasteiger partial charge in [-0.25, -0.2) is 4.99 Å². The Hall–Kier alpha value is -6.89. The van der Waals surface area contributed by atoms with Crippen LogP contribution in [0.25, 0.3) is 27.5 Å². The Labute approximate surface area is 476 Å². The van der Waals surface area contributed by atoms with Crippen molar-refractivity contribution in [2.45, 2.75) is 94.9 Å². The van der Waals surface area contributed by atoms with Gasteiger partial charge in [-0.2, -0.15) is 0 Å². The predicted octanol–water partition coefficient (Wildman–Crippen LogP) is 14.5. The standard InChI is InChI=1S/C67H75N5.C4H11N.C2H6/c1-7-70(8-2)54-32-26-49(27-33-54)66(48-20-14-13-15-21-48)61-38-40-64(59-24-18-16-22-57(59)61)68-45-52-42-47-43-53(63(52)44-47)46-69-65-41-39-62(58-23-17-19-25-60(58)65)67(50-28-34-55(35-29-50)71(9-3)10-4)51-30-36-56(37-31-51)72(11-5)12-6;1-3-5-4-2;1-2/h14-41,47,52-53,63,68H,7-13,42-46H2,1-6H3;5H,3-4H2,1-2H3;1-2H3/p+2. The van der Waals surface area contributed by atoms with Crippen molar-refractivity contribution in [1.82, 2.24) is 0 Å². The predicted molar refractivity (Wildman–Crippen MR) is 345 cm³/mol. The van der Waals surface area contributed by atoms with E-state index in [2.05, 4.69) is 256 Å². The summed E-state index contributed by atoms with van der Waals surface area (Å²) in [5, 5.41) is 8.89. The maximum atomic E-state index is 4.06. The van der Waals surface area contributed by atoms with Gasteiger partial charge in [0.2, 0.25) is 5.71 Å². The van der Waals surface area contributed by atoms with Gasteiger partial charge in [-0.3, -0.25) is 0 Å². The Kier molecular flexibility index (Phi) is 21.3. The van der Waals surface area contributed by atoms with Gasteiger partial charge in [0.25, 0.3) is 0 Å². The first-order chi connectivity index (χ1) is 38.8. The average Bonchev–Trinajstić information content (AvgIpc) is 4.15. The molecule has 10 rings (SSSR count). The molecular weight excluding hydrogens is 961 g/mol.